The SMILES string of the molecule is C=C(C)COc1c(Br)cc(CNC(C)C)cc1OCC. The lowest BCUT2D eigenvalue weighted by Gasteiger charge is -2.16. The monoisotopic (exact) mass is 341 g/mol. The fraction of sp³-hybridized carbons (Fsp3) is 0.500. The van der Waals surface area contributed by atoms with Gasteiger partial charge in [-0.2, -0.15) is 0 Å². The molecule has 0 atom stereocenters. The van der Waals surface area contributed by atoms with Crippen LogP contribution in [-0.4, -0.2) is 19.3 Å². The Kier molecular flexibility index (Phi) is 7.10. The fourth-order valence-electron chi connectivity index (χ4n) is 1.64. The van der Waals surface area contributed by atoms with E-state index in [9.17, 15) is 0 Å². The Labute approximate surface area is 130 Å². The van der Waals surface area contributed by atoms with E-state index in [1.54, 1.807) is 0 Å². The molecule has 0 aliphatic heterocycles. The average Bonchev–Trinajstić information content (AvgIpc) is 2.35. The number of halogens is 1. The first-order chi connectivity index (χ1) is 9.43. The summed E-state index contributed by atoms with van der Waals surface area (Å²) in [5, 5.41) is 3.40. The van der Waals surface area contributed by atoms with Gasteiger partial charge in [0.05, 0.1) is 11.1 Å². The molecule has 1 rings (SSSR count). The molecule has 0 fully saturated rings. The number of hydrogen-bond acceptors (Lipinski definition) is 3. The summed E-state index contributed by atoms with van der Waals surface area (Å²) in [4.78, 5) is 0. The Hall–Kier alpha value is -1.00. The highest BCUT2D eigenvalue weighted by Crippen LogP contribution is 2.37. The van der Waals surface area contributed by atoms with E-state index in [4.69, 9.17) is 9.47 Å². The third kappa shape index (κ3) is 5.55. The molecule has 0 radical (unpaired) electrons. The average molecular weight is 342 g/mol. The van der Waals surface area contributed by atoms with Gasteiger partial charge in [-0.3, -0.25) is 0 Å². The van der Waals surface area contributed by atoms with Crippen LogP contribution < -0.4 is 14.8 Å². The van der Waals surface area contributed by atoms with E-state index in [-0.39, 0.29) is 0 Å². The van der Waals surface area contributed by atoms with E-state index in [1.807, 2.05) is 19.9 Å². The number of nitrogens with one attached hydrogen (secondary N) is 1. The van der Waals surface area contributed by atoms with Crippen molar-refractivity contribution in [3.63, 3.8) is 0 Å². The predicted molar refractivity (Wildman–Crippen MR) is 87.6 cm³/mol. The molecule has 4 heteroatoms. The van der Waals surface area contributed by atoms with Crippen molar-refractivity contribution >= 4 is 15.9 Å². The maximum Gasteiger partial charge on any atom is 0.175 e. The molecule has 0 aromatic heterocycles. The van der Waals surface area contributed by atoms with Gasteiger partial charge in [-0.25, -0.2) is 0 Å². The summed E-state index contributed by atoms with van der Waals surface area (Å²) in [7, 11) is 0. The van der Waals surface area contributed by atoms with Crippen molar-refractivity contribution in [2.75, 3.05) is 13.2 Å². The van der Waals surface area contributed by atoms with Crippen molar-refractivity contribution in [1.82, 2.24) is 5.32 Å². The highest BCUT2D eigenvalue weighted by molar-refractivity contribution is 9.10. The molecule has 1 aromatic carbocycles. The van der Waals surface area contributed by atoms with Crippen LogP contribution in [0.2, 0.25) is 0 Å². The van der Waals surface area contributed by atoms with Gasteiger partial charge in [-0.05, 0) is 53.0 Å². The molecule has 0 heterocycles. The predicted octanol–water partition coefficient (Wildman–Crippen LogP) is 4.30. The van der Waals surface area contributed by atoms with Gasteiger partial charge in [0.1, 0.15) is 6.61 Å². The van der Waals surface area contributed by atoms with E-state index < -0.39 is 0 Å². The number of hydrogen-bond donors (Lipinski definition) is 1. The van der Waals surface area contributed by atoms with E-state index in [2.05, 4.69) is 47.7 Å². The van der Waals surface area contributed by atoms with Gasteiger partial charge in [-0.15, -0.1) is 0 Å². The first-order valence-corrected chi connectivity index (χ1v) is 7.69. The summed E-state index contributed by atoms with van der Waals surface area (Å²) >= 11 is 3.56. The van der Waals surface area contributed by atoms with Crippen molar-refractivity contribution in [3.05, 3.63) is 34.3 Å². The minimum absolute atomic E-state index is 0.448. The van der Waals surface area contributed by atoms with Crippen LogP contribution in [0.1, 0.15) is 33.3 Å². The highest BCUT2D eigenvalue weighted by atomic mass is 79.9. The molecular formula is C16H24BrNO2. The van der Waals surface area contributed by atoms with Crippen LogP contribution in [0.25, 0.3) is 0 Å². The maximum atomic E-state index is 5.77. The van der Waals surface area contributed by atoms with Gasteiger partial charge in [0.15, 0.2) is 11.5 Å². The normalized spacial score (nSPS) is 10.7. The summed E-state index contributed by atoms with van der Waals surface area (Å²) in [6.45, 7) is 13.9. The van der Waals surface area contributed by atoms with Gasteiger partial charge in [-0.1, -0.05) is 20.4 Å². The molecule has 112 valence electrons. The molecule has 0 amide bonds. The number of benzene rings is 1. The van der Waals surface area contributed by atoms with E-state index >= 15 is 0 Å². The highest BCUT2D eigenvalue weighted by Gasteiger charge is 2.12. The molecule has 1 N–H and O–H groups in total. The number of ether oxygens (including phenoxy) is 2. The van der Waals surface area contributed by atoms with Gasteiger partial charge in [0.25, 0.3) is 0 Å². The van der Waals surface area contributed by atoms with Crippen LogP contribution in [0.4, 0.5) is 0 Å². The Morgan fingerprint density at radius 1 is 1.35 bits per heavy atom. The first kappa shape index (κ1) is 17.1. The molecule has 0 saturated heterocycles. The largest absolute Gasteiger partial charge is 0.490 e. The third-order valence-corrected chi connectivity index (χ3v) is 3.14. The van der Waals surface area contributed by atoms with Crippen molar-refractivity contribution in [1.29, 1.82) is 0 Å². The molecule has 0 bridgehead atoms. The van der Waals surface area contributed by atoms with Crippen molar-refractivity contribution in [2.24, 2.45) is 0 Å². The van der Waals surface area contributed by atoms with Gasteiger partial charge in [0.2, 0.25) is 0 Å². The zero-order valence-electron chi connectivity index (χ0n) is 12.8. The summed E-state index contributed by atoms with van der Waals surface area (Å²) in [6.07, 6.45) is 0. The van der Waals surface area contributed by atoms with Crippen LogP contribution in [0, 0.1) is 0 Å². The van der Waals surface area contributed by atoms with Crippen LogP contribution >= 0.6 is 15.9 Å². The number of rotatable bonds is 8. The van der Waals surface area contributed by atoms with Crippen molar-refractivity contribution in [3.8, 4) is 11.5 Å². The van der Waals surface area contributed by atoms with Crippen LogP contribution in [0.5, 0.6) is 11.5 Å². The lowest BCUT2D eigenvalue weighted by Crippen LogP contribution is -2.21. The zero-order chi connectivity index (χ0) is 15.1. The summed E-state index contributed by atoms with van der Waals surface area (Å²) < 4.78 is 12.4. The van der Waals surface area contributed by atoms with Crippen molar-refractivity contribution in [2.45, 2.75) is 40.3 Å². The quantitative estimate of drug-likeness (QED) is 0.715. The second-order valence-corrected chi connectivity index (χ2v) is 5.97. The molecular weight excluding hydrogens is 318 g/mol. The fourth-order valence-corrected chi connectivity index (χ4v) is 2.25. The molecule has 0 saturated carbocycles. The zero-order valence-corrected chi connectivity index (χ0v) is 14.3. The second-order valence-electron chi connectivity index (χ2n) is 5.12. The van der Waals surface area contributed by atoms with E-state index in [0.717, 1.165) is 33.7 Å². The Balaban J connectivity index is 2.95. The maximum absolute atomic E-state index is 5.77. The molecule has 3 nitrogen and oxygen atoms in total. The second kappa shape index (κ2) is 8.32. The van der Waals surface area contributed by atoms with Gasteiger partial charge >= 0.3 is 0 Å². The standard InChI is InChI=1S/C16H24BrNO2/c1-6-19-15-8-13(9-18-12(4)5)7-14(17)16(15)20-10-11(2)3/h7-8,12,18H,2,6,9-10H2,1,3-5H3. The first-order valence-electron chi connectivity index (χ1n) is 6.89. The lowest BCUT2D eigenvalue weighted by atomic mass is 10.2. The minimum Gasteiger partial charge on any atom is -0.490 e. The molecule has 0 unspecified atom stereocenters. The smallest absolute Gasteiger partial charge is 0.175 e. The van der Waals surface area contributed by atoms with Crippen LogP contribution in [0.3, 0.4) is 0 Å². The summed E-state index contributed by atoms with van der Waals surface area (Å²) in [6, 6.07) is 4.53. The van der Waals surface area contributed by atoms with E-state index in [1.165, 1.54) is 0 Å². The van der Waals surface area contributed by atoms with Crippen LogP contribution in [0.15, 0.2) is 28.8 Å². The molecule has 1 aromatic rings. The van der Waals surface area contributed by atoms with Crippen LogP contribution in [-0.2, 0) is 6.54 Å². The lowest BCUT2D eigenvalue weighted by molar-refractivity contribution is 0.291. The Bertz CT molecular complexity index is 458. The molecule has 0 aliphatic carbocycles. The molecule has 0 aliphatic rings. The summed E-state index contributed by atoms with van der Waals surface area (Å²) in [5.74, 6) is 1.51. The summed E-state index contributed by atoms with van der Waals surface area (Å²) in [5.41, 5.74) is 2.14. The van der Waals surface area contributed by atoms with Gasteiger partial charge < -0.3 is 14.8 Å². The third-order valence-electron chi connectivity index (χ3n) is 2.55. The van der Waals surface area contributed by atoms with Crippen molar-refractivity contribution < 1.29 is 9.47 Å². The Morgan fingerprint density at radius 3 is 2.60 bits per heavy atom. The minimum atomic E-state index is 0.448. The Morgan fingerprint density at radius 2 is 2.05 bits per heavy atom. The molecule has 0 spiro atoms. The topological polar surface area (TPSA) is 30.5 Å². The van der Waals surface area contributed by atoms with Gasteiger partial charge in [0, 0.05) is 12.6 Å². The molecule has 20 heavy (non-hydrogen) atoms. The van der Waals surface area contributed by atoms with E-state index in [0.29, 0.717) is 19.3 Å².